The topological polar surface area (TPSA) is 23.6 Å². The van der Waals surface area contributed by atoms with Gasteiger partial charge >= 0.3 is 0 Å². The summed E-state index contributed by atoms with van der Waals surface area (Å²) < 4.78 is 0. The Morgan fingerprint density at radius 1 is 0.913 bits per heavy atom. The van der Waals surface area contributed by atoms with Crippen molar-refractivity contribution in [1.82, 2.24) is 9.80 Å². The van der Waals surface area contributed by atoms with E-state index in [1.807, 2.05) is 23.1 Å². The highest BCUT2D eigenvalue weighted by molar-refractivity contribution is 6.30. The molecule has 0 aromatic heterocycles. The molecule has 1 saturated heterocycles. The molecule has 1 heterocycles. The first-order chi connectivity index (χ1) is 11.1. The third-order valence-electron chi connectivity index (χ3n) is 4.43. The summed E-state index contributed by atoms with van der Waals surface area (Å²) in [5.74, 6) is 0.160. The van der Waals surface area contributed by atoms with Gasteiger partial charge in [0.05, 0.1) is 6.04 Å². The number of halogens is 1. The molecule has 1 fully saturated rings. The maximum Gasteiger partial charge on any atom is 0.219 e. The summed E-state index contributed by atoms with van der Waals surface area (Å²) in [6.45, 7) is 4.96. The van der Waals surface area contributed by atoms with Crippen LogP contribution in [0, 0.1) is 0 Å². The molecule has 3 nitrogen and oxygen atoms in total. The van der Waals surface area contributed by atoms with Gasteiger partial charge in [0, 0.05) is 38.1 Å². The van der Waals surface area contributed by atoms with Crippen molar-refractivity contribution in [2.45, 2.75) is 13.0 Å². The molecule has 0 N–H and O–H groups in total. The zero-order valence-electron chi connectivity index (χ0n) is 13.3. The van der Waals surface area contributed by atoms with E-state index in [9.17, 15) is 4.79 Å². The van der Waals surface area contributed by atoms with E-state index in [2.05, 4.69) is 41.3 Å². The van der Waals surface area contributed by atoms with Crippen LogP contribution in [0.2, 0.25) is 5.02 Å². The molecular formula is C19H21ClN2O. The lowest BCUT2D eigenvalue weighted by atomic mass is 9.96. The van der Waals surface area contributed by atoms with Crippen LogP contribution in [0.25, 0.3) is 0 Å². The second-order valence-corrected chi connectivity index (χ2v) is 6.34. The number of carbonyl (C=O) groups is 1. The summed E-state index contributed by atoms with van der Waals surface area (Å²) in [6, 6.07) is 18.8. The zero-order valence-corrected chi connectivity index (χ0v) is 14.0. The Balaban J connectivity index is 1.87. The minimum Gasteiger partial charge on any atom is -0.340 e. The van der Waals surface area contributed by atoms with Gasteiger partial charge in [-0.25, -0.2) is 0 Å². The Morgan fingerprint density at radius 3 is 2.04 bits per heavy atom. The minimum atomic E-state index is 0.160. The zero-order chi connectivity index (χ0) is 16.2. The third kappa shape index (κ3) is 3.74. The number of rotatable bonds is 3. The van der Waals surface area contributed by atoms with Crippen LogP contribution in [-0.2, 0) is 4.79 Å². The summed E-state index contributed by atoms with van der Waals surface area (Å²) in [5.41, 5.74) is 2.50. The van der Waals surface area contributed by atoms with Crippen molar-refractivity contribution in [2.24, 2.45) is 0 Å². The first-order valence-electron chi connectivity index (χ1n) is 7.95. The van der Waals surface area contributed by atoms with Crippen LogP contribution in [-0.4, -0.2) is 41.9 Å². The van der Waals surface area contributed by atoms with Crippen molar-refractivity contribution in [3.05, 3.63) is 70.7 Å². The highest BCUT2D eigenvalue weighted by atomic mass is 35.5. The van der Waals surface area contributed by atoms with Crippen molar-refractivity contribution >= 4 is 17.5 Å². The molecular weight excluding hydrogens is 308 g/mol. The fraction of sp³-hybridized carbons (Fsp3) is 0.316. The van der Waals surface area contributed by atoms with Gasteiger partial charge in [0.15, 0.2) is 0 Å². The first-order valence-corrected chi connectivity index (χ1v) is 8.33. The molecule has 3 rings (SSSR count). The quantitative estimate of drug-likeness (QED) is 0.859. The van der Waals surface area contributed by atoms with Gasteiger partial charge in [-0.05, 0) is 23.3 Å². The summed E-state index contributed by atoms with van der Waals surface area (Å²) in [7, 11) is 0. The first kappa shape index (κ1) is 16.0. The average molecular weight is 329 g/mol. The van der Waals surface area contributed by atoms with Crippen molar-refractivity contribution in [1.29, 1.82) is 0 Å². The van der Waals surface area contributed by atoms with Crippen molar-refractivity contribution in [2.75, 3.05) is 26.2 Å². The van der Waals surface area contributed by atoms with E-state index in [1.165, 1.54) is 11.1 Å². The maximum absolute atomic E-state index is 11.5. The standard InChI is InChI=1S/C19H21ClN2O/c1-15(23)21-11-13-22(14-12-21)19(16-5-3-2-4-6-16)17-7-9-18(20)10-8-17/h2-10,19H,11-14H2,1H3/t19-/m0/s1. The Labute approximate surface area is 142 Å². The highest BCUT2D eigenvalue weighted by Crippen LogP contribution is 2.30. The van der Waals surface area contributed by atoms with E-state index in [-0.39, 0.29) is 11.9 Å². The molecule has 2 aromatic rings. The second-order valence-electron chi connectivity index (χ2n) is 5.91. The van der Waals surface area contributed by atoms with Crippen LogP contribution in [0.1, 0.15) is 24.1 Å². The summed E-state index contributed by atoms with van der Waals surface area (Å²) in [4.78, 5) is 15.9. The van der Waals surface area contributed by atoms with E-state index in [0.717, 1.165) is 31.2 Å². The van der Waals surface area contributed by atoms with E-state index in [4.69, 9.17) is 11.6 Å². The van der Waals surface area contributed by atoms with Crippen LogP contribution in [0.3, 0.4) is 0 Å². The van der Waals surface area contributed by atoms with Gasteiger partial charge in [-0.2, -0.15) is 0 Å². The van der Waals surface area contributed by atoms with Gasteiger partial charge in [0.25, 0.3) is 0 Å². The molecule has 120 valence electrons. The highest BCUT2D eigenvalue weighted by Gasteiger charge is 2.27. The van der Waals surface area contributed by atoms with Crippen LogP contribution >= 0.6 is 11.6 Å². The normalized spacial score (nSPS) is 17.0. The van der Waals surface area contributed by atoms with Crippen molar-refractivity contribution < 1.29 is 4.79 Å². The Bertz CT molecular complexity index is 649. The fourth-order valence-electron chi connectivity index (χ4n) is 3.19. The van der Waals surface area contributed by atoms with E-state index < -0.39 is 0 Å². The van der Waals surface area contributed by atoms with E-state index >= 15 is 0 Å². The lowest BCUT2D eigenvalue weighted by molar-refractivity contribution is -0.130. The molecule has 0 radical (unpaired) electrons. The minimum absolute atomic E-state index is 0.160. The van der Waals surface area contributed by atoms with E-state index in [1.54, 1.807) is 6.92 Å². The molecule has 0 spiro atoms. The lowest BCUT2D eigenvalue weighted by Gasteiger charge is -2.39. The van der Waals surface area contributed by atoms with Gasteiger partial charge in [0.2, 0.25) is 5.91 Å². The molecule has 2 aromatic carbocycles. The number of amides is 1. The third-order valence-corrected chi connectivity index (χ3v) is 4.68. The van der Waals surface area contributed by atoms with Gasteiger partial charge in [0.1, 0.15) is 0 Å². The van der Waals surface area contributed by atoms with Crippen LogP contribution < -0.4 is 0 Å². The average Bonchev–Trinajstić information content (AvgIpc) is 2.58. The van der Waals surface area contributed by atoms with Crippen molar-refractivity contribution in [3.63, 3.8) is 0 Å². The van der Waals surface area contributed by atoms with Gasteiger partial charge in [-0.3, -0.25) is 9.69 Å². The second kappa shape index (κ2) is 7.16. The smallest absolute Gasteiger partial charge is 0.219 e. The Morgan fingerprint density at radius 2 is 1.48 bits per heavy atom. The van der Waals surface area contributed by atoms with Crippen LogP contribution in [0.4, 0.5) is 0 Å². The number of piperazine rings is 1. The number of hydrogen-bond donors (Lipinski definition) is 0. The SMILES string of the molecule is CC(=O)N1CCN([C@@H](c2ccccc2)c2ccc(Cl)cc2)CC1. The Hall–Kier alpha value is -1.84. The predicted octanol–water partition coefficient (Wildman–Crippen LogP) is 3.59. The van der Waals surface area contributed by atoms with Crippen molar-refractivity contribution in [3.8, 4) is 0 Å². The molecule has 1 aliphatic rings. The molecule has 1 atom stereocenters. The fourth-order valence-corrected chi connectivity index (χ4v) is 3.32. The Kier molecular flexibility index (Phi) is 4.99. The van der Waals surface area contributed by atoms with Gasteiger partial charge in [-0.1, -0.05) is 54.1 Å². The summed E-state index contributed by atoms with van der Waals surface area (Å²) in [6.07, 6.45) is 0. The maximum atomic E-state index is 11.5. The number of hydrogen-bond acceptors (Lipinski definition) is 2. The van der Waals surface area contributed by atoms with E-state index in [0.29, 0.717) is 0 Å². The largest absolute Gasteiger partial charge is 0.340 e. The number of carbonyl (C=O) groups excluding carboxylic acids is 1. The molecule has 0 bridgehead atoms. The monoisotopic (exact) mass is 328 g/mol. The molecule has 23 heavy (non-hydrogen) atoms. The molecule has 0 saturated carbocycles. The molecule has 1 amide bonds. The molecule has 4 heteroatoms. The number of nitrogens with zero attached hydrogens (tertiary/aromatic N) is 2. The van der Waals surface area contributed by atoms with Crippen LogP contribution in [0.15, 0.2) is 54.6 Å². The van der Waals surface area contributed by atoms with Gasteiger partial charge < -0.3 is 4.90 Å². The molecule has 0 aliphatic carbocycles. The number of benzene rings is 2. The summed E-state index contributed by atoms with van der Waals surface area (Å²) in [5, 5.41) is 0.752. The lowest BCUT2D eigenvalue weighted by Crippen LogP contribution is -2.49. The molecule has 1 aliphatic heterocycles. The van der Waals surface area contributed by atoms with Crippen LogP contribution in [0.5, 0.6) is 0 Å². The summed E-state index contributed by atoms with van der Waals surface area (Å²) >= 11 is 6.04. The van der Waals surface area contributed by atoms with Gasteiger partial charge in [-0.15, -0.1) is 0 Å². The predicted molar refractivity (Wildman–Crippen MR) is 93.6 cm³/mol. The molecule has 0 unspecified atom stereocenters.